The van der Waals surface area contributed by atoms with Crippen molar-refractivity contribution in [2.75, 3.05) is 13.2 Å². The first kappa shape index (κ1) is 10.5. The van der Waals surface area contributed by atoms with E-state index in [9.17, 15) is 14.5 Å². The molecule has 6 heteroatoms. The Morgan fingerprint density at radius 2 is 2.00 bits per heavy atom. The van der Waals surface area contributed by atoms with Crippen LogP contribution in [0.3, 0.4) is 0 Å². The topological polar surface area (TPSA) is 76.0 Å². The lowest BCUT2D eigenvalue weighted by molar-refractivity contribution is -0.143. The minimum absolute atomic E-state index is 0.00157. The van der Waals surface area contributed by atoms with Gasteiger partial charge in [-0.15, -0.1) is 4.91 Å². The number of nitroso groups, excluding NO2 is 1. The number of rotatable bonds is 4. The molecule has 0 N–H and O–H groups in total. The number of esters is 1. The van der Waals surface area contributed by atoms with Gasteiger partial charge >= 0.3 is 5.97 Å². The molecule has 6 nitrogen and oxygen atoms in total. The van der Waals surface area contributed by atoms with E-state index in [0.29, 0.717) is 5.01 Å². The number of amides is 1. The van der Waals surface area contributed by atoms with E-state index in [1.54, 1.807) is 0 Å². The second-order valence-corrected chi connectivity index (χ2v) is 2.06. The lowest BCUT2D eigenvalue weighted by Gasteiger charge is -2.09. The van der Waals surface area contributed by atoms with Crippen molar-refractivity contribution in [2.24, 2.45) is 5.29 Å². The maximum Gasteiger partial charge on any atom is 0.302 e. The summed E-state index contributed by atoms with van der Waals surface area (Å²) in [5, 5.41) is 3.11. The number of ether oxygens (including phenoxy) is 1. The van der Waals surface area contributed by atoms with Gasteiger partial charge < -0.3 is 4.74 Å². The van der Waals surface area contributed by atoms with Gasteiger partial charge in [0.2, 0.25) is 5.91 Å². The average Bonchev–Trinajstić information content (AvgIpc) is 1.96. The molecule has 0 aromatic carbocycles. The molecule has 0 radical (unpaired) electrons. The van der Waals surface area contributed by atoms with Crippen LogP contribution in [0.4, 0.5) is 0 Å². The van der Waals surface area contributed by atoms with Crippen molar-refractivity contribution in [2.45, 2.75) is 13.8 Å². The zero-order chi connectivity index (χ0) is 9.56. The molecule has 0 aromatic heterocycles. The van der Waals surface area contributed by atoms with Crippen LogP contribution < -0.4 is 0 Å². The molecule has 1 amide bonds. The van der Waals surface area contributed by atoms with Gasteiger partial charge in [-0.25, -0.2) is 0 Å². The third-order valence-electron chi connectivity index (χ3n) is 1.07. The molecule has 0 aliphatic heterocycles. The maximum atomic E-state index is 10.5. The van der Waals surface area contributed by atoms with Crippen LogP contribution >= 0.6 is 0 Å². The van der Waals surface area contributed by atoms with E-state index in [-0.39, 0.29) is 13.2 Å². The summed E-state index contributed by atoms with van der Waals surface area (Å²) in [6.07, 6.45) is 0. The highest BCUT2D eigenvalue weighted by atomic mass is 16.5. The first-order valence-corrected chi connectivity index (χ1v) is 3.32. The predicted molar refractivity (Wildman–Crippen MR) is 39.8 cm³/mol. The summed E-state index contributed by atoms with van der Waals surface area (Å²) in [5.74, 6) is -0.929. The van der Waals surface area contributed by atoms with Crippen LogP contribution in [0.15, 0.2) is 5.29 Å². The second kappa shape index (κ2) is 5.22. The Bertz CT molecular complexity index is 192. The number of hydrogen-bond acceptors (Lipinski definition) is 5. The third-order valence-corrected chi connectivity index (χ3v) is 1.07. The molecule has 12 heavy (non-hydrogen) atoms. The minimum Gasteiger partial charge on any atom is -0.464 e. The first-order valence-electron chi connectivity index (χ1n) is 3.32. The van der Waals surface area contributed by atoms with Gasteiger partial charge in [-0.1, -0.05) is 0 Å². The van der Waals surface area contributed by atoms with Gasteiger partial charge in [0.15, 0.2) is 0 Å². The van der Waals surface area contributed by atoms with Crippen LogP contribution in [0.2, 0.25) is 0 Å². The van der Waals surface area contributed by atoms with E-state index in [1.807, 2.05) is 0 Å². The predicted octanol–water partition coefficient (Wildman–Crippen LogP) is 0.0794. The van der Waals surface area contributed by atoms with Crippen LogP contribution in [0.25, 0.3) is 0 Å². The fourth-order valence-corrected chi connectivity index (χ4v) is 0.532. The summed E-state index contributed by atoms with van der Waals surface area (Å²) in [6.45, 7) is 2.43. The molecule has 68 valence electrons. The molecule has 0 saturated heterocycles. The standard InChI is InChI=1S/C6H10N2O4/c1-5(9)8(7-11)3-4-12-6(2)10/h3-4H2,1-2H3. The molecule has 0 aliphatic rings. The molecule has 0 spiro atoms. The molecular formula is C6H10N2O4. The van der Waals surface area contributed by atoms with Gasteiger partial charge in [0.1, 0.15) is 6.61 Å². The Kier molecular flexibility index (Phi) is 4.59. The fourth-order valence-electron chi connectivity index (χ4n) is 0.532. The lowest BCUT2D eigenvalue weighted by atomic mass is 10.6. The molecule has 0 aliphatic carbocycles. The summed E-state index contributed by atoms with van der Waals surface area (Å²) >= 11 is 0. The average molecular weight is 174 g/mol. The lowest BCUT2D eigenvalue weighted by Crippen LogP contribution is -2.26. The van der Waals surface area contributed by atoms with Crippen LogP contribution in [0.5, 0.6) is 0 Å². The molecule has 0 rings (SSSR count). The number of nitrogens with zero attached hydrogens (tertiary/aromatic N) is 2. The van der Waals surface area contributed by atoms with E-state index in [1.165, 1.54) is 13.8 Å². The smallest absolute Gasteiger partial charge is 0.302 e. The van der Waals surface area contributed by atoms with Gasteiger partial charge in [-0.3, -0.25) is 9.59 Å². The van der Waals surface area contributed by atoms with E-state index in [0.717, 1.165) is 0 Å². The molecular weight excluding hydrogens is 164 g/mol. The Balaban J connectivity index is 3.66. The van der Waals surface area contributed by atoms with Crippen molar-refractivity contribution in [3.05, 3.63) is 4.91 Å². The zero-order valence-corrected chi connectivity index (χ0v) is 6.94. The number of hydrogen-bond donors (Lipinski definition) is 0. The summed E-state index contributed by atoms with van der Waals surface area (Å²) in [6, 6.07) is 0. The monoisotopic (exact) mass is 174 g/mol. The maximum absolute atomic E-state index is 10.5. The van der Waals surface area contributed by atoms with E-state index in [2.05, 4.69) is 10.0 Å². The summed E-state index contributed by atoms with van der Waals surface area (Å²) < 4.78 is 4.49. The van der Waals surface area contributed by atoms with Gasteiger partial charge in [-0.2, -0.15) is 5.01 Å². The fraction of sp³-hybridized carbons (Fsp3) is 0.667. The van der Waals surface area contributed by atoms with Gasteiger partial charge in [0.05, 0.1) is 11.8 Å². The van der Waals surface area contributed by atoms with Crippen LogP contribution in [-0.2, 0) is 14.3 Å². The molecule has 0 atom stereocenters. The van der Waals surface area contributed by atoms with Crippen molar-refractivity contribution in [3.63, 3.8) is 0 Å². The van der Waals surface area contributed by atoms with Crippen molar-refractivity contribution in [3.8, 4) is 0 Å². The number of carbonyl (C=O) groups is 2. The molecule has 0 fully saturated rings. The van der Waals surface area contributed by atoms with Crippen molar-refractivity contribution in [1.29, 1.82) is 0 Å². The largest absolute Gasteiger partial charge is 0.464 e. The first-order chi connectivity index (χ1) is 5.57. The van der Waals surface area contributed by atoms with E-state index in [4.69, 9.17) is 0 Å². The molecule has 0 unspecified atom stereocenters. The minimum atomic E-state index is -0.475. The van der Waals surface area contributed by atoms with Crippen LogP contribution in [-0.4, -0.2) is 30.0 Å². The second-order valence-electron chi connectivity index (χ2n) is 2.06. The van der Waals surface area contributed by atoms with Gasteiger partial charge in [-0.05, 0) is 0 Å². The normalized spacial score (nSPS) is 8.83. The SMILES string of the molecule is CC(=O)OCCN(N=O)C(C)=O. The summed E-state index contributed by atoms with van der Waals surface area (Å²) in [7, 11) is 0. The third kappa shape index (κ3) is 4.37. The Morgan fingerprint density at radius 1 is 1.42 bits per heavy atom. The van der Waals surface area contributed by atoms with E-state index < -0.39 is 11.9 Å². The molecule has 0 saturated carbocycles. The number of carbonyl (C=O) groups excluding carboxylic acids is 2. The Labute approximate surface area is 69.4 Å². The Hall–Kier alpha value is -1.46. The van der Waals surface area contributed by atoms with Crippen molar-refractivity contribution < 1.29 is 14.3 Å². The summed E-state index contributed by atoms with van der Waals surface area (Å²) in [4.78, 5) is 30.7. The van der Waals surface area contributed by atoms with Gasteiger partial charge in [0, 0.05) is 13.8 Å². The molecule has 0 bridgehead atoms. The van der Waals surface area contributed by atoms with Crippen molar-refractivity contribution in [1.82, 2.24) is 5.01 Å². The van der Waals surface area contributed by atoms with Crippen molar-refractivity contribution >= 4 is 11.9 Å². The van der Waals surface area contributed by atoms with Crippen LogP contribution in [0.1, 0.15) is 13.8 Å². The Morgan fingerprint density at radius 3 is 2.33 bits per heavy atom. The van der Waals surface area contributed by atoms with Crippen LogP contribution in [0, 0.1) is 4.91 Å². The molecule has 0 aromatic rings. The highest BCUT2D eigenvalue weighted by Crippen LogP contribution is 1.89. The van der Waals surface area contributed by atoms with E-state index >= 15 is 0 Å². The molecule has 0 heterocycles. The summed E-state index contributed by atoms with van der Waals surface area (Å²) in [5.41, 5.74) is 0. The highest BCUT2D eigenvalue weighted by Gasteiger charge is 2.07. The zero-order valence-electron chi connectivity index (χ0n) is 6.94. The van der Waals surface area contributed by atoms with Gasteiger partial charge in [0.25, 0.3) is 0 Å². The highest BCUT2D eigenvalue weighted by molar-refractivity contribution is 5.72. The quantitative estimate of drug-likeness (QED) is 0.343.